The number of hydrogen-bond donors (Lipinski definition) is 2. The molecule has 122 valence electrons. The third kappa shape index (κ3) is 2.46. The maximum absolute atomic E-state index is 13.4. The smallest absolute Gasteiger partial charge is 0.329 e. The molecule has 0 saturated carbocycles. The van der Waals surface area contributed by atoms with Crippen LogP contribution in [0.2, 0.25) is 0 Å². The van der Waals surface area contributed by atoms with Gasteiger partial charge in [-0.1, -0.05) is 6.07 Å². The van der Waals surface area contributed by atoms with Gasteiger partial charge in [-0.15, -0.1) is 0 Å². The van der Waals surface area contributed by atoms with Crippen molar-refractivity contribution in [3.05, 3.63) is 29.6 Å². The van der Waals surface area contributed by atoms with Crippen LogP contribution in [-0.4, -0.2) is 39.9 Å². The number of carboxylic acid groups (broad SMARTS) is 1. The topological polar surface area (TPSA) is 86.7 Å². The number of fused-ring (bicyclic) bond motifs is 1. The lowest BCUT2D eigenvalue weighted by Crippen LogP contribution is -2.52. The van der Waals surface area contributed by atoms with Gasteiger partial charge in [0.1, 0.15) is 11.4 Å². The molecule has 1 aromatic carbocycles. The largest absolute Gasteiger partial charge is 0.480 e. The average Bonchev–Trinajstić information content (AvgIpc) is 2.88. The molecule has 2 atom stereocenters. The zero-order chi connectivity index (χ0) is 16.8. The molecule has 3 rings (SSSR count). The summed E-state index contributed by atoms with van der Waals surface area (Å²) in [6.45, 7) is 1.87. The van der Waals surface area contributed by atoms with E-state index in [1.165, 1.54) is 30.0 Å². The number of amides is 2. The standard InChI is InChI=1S/C16H17FN2O4/c1-16(15(22)23)5-2-6-19(16)14(21)11-8-13(20)18-12-7-9(17)3-4-10(11)12/h3-4,7,11H,2,5-6,8H2,1H3,(H,18,20)(H,22,23). The molecule has 1 fully saturated rings. The van der Waals surface area contributed by atoms with Crippen LogP contribution in [0.15, 0.2) is 18.2 Å². The fraction of sp³-hybridized carbons (Fsp3) is 0.438. The molecule has 0 aliphatic carbocycles. The van der Waals surface area contributed by atoms with E-state index < -0.39 is 29.2 Å². The molecule has 0 radical (unpaired) electrons. The fourth-order valence-corrected chi connectivity index (χ4v) is 3.38. The molecular weight excluding hydrogens is 303 g/mol. The van der Waals surface area contributed by atoms with E-state index in [2.05, 4.69) is 5.32 Å². The normalized spacial score (nSPS) is 26.6. The van der Waals surface area contributed by atoms with Crippen LogP contribution in [0.1, 0.15) is 37.7 Å². The Bertz CT molecular complexity index is 705. The fourth-order valence-electron chi connectivity index (χ4n) is 3.38. The summed E-state index contributed by atoms with van der Waals surface area (Å²) in [4.78, 5) is 37.6. The average molecular weight is 320 g/mol. The monoisotopic (exact) mass is 320 g/mol. The van der Waals surface area contributed by atoms with Gasteiger partial charge in [0.05, 0.1) is 5.92 Å². The van der Waals surface area contributed by atoms with Crippen LogP contribution >= 0.6 is 0 Å². The Morgan fingerprint density at radius 1 is 1.43 bits per heavy atom. The van der Waals surface area contributed by atoms with Crippen LogP contribution in [0.5, 0.6) is 0 Å². The Labute approximate surface area is 132 Å². The summed E-state index contributed by atoms with van der Waals surface area (Å²) in [6.07, 6.45) is 0.913. The Morgan fingerprint density at radius 3 is 2.87 bits per heavy atom. The maximum atomic E-state index is 13.4. The highest BCUT2D eigenvalue weighted by atomic mass is 19.1. The predicted octanol–water partition coefficient (Wildman–Crippen LogP) is 1.72. The molecule has 6 nitrogen and oxygen atoms in total. The first kappa shape index (κ1) is 15.5. The Morgan fingerprint density at radius 2 is 2.17 bits per heavy atom. The van der Waals surface area contributed by atoms with Gasteiger partial charge in [-0.2, -0.15) is 0 Å². The Hall–Kier alpha value is -2.44. The van der Waals surface area contributed by atoms with Gasteiger partial charge in [0.2, 0.25) is 11.8 Å². The van der Waals surface area contributed by atoms with E-state index in [1.807, 2.05) is 0 Å². The lowest BCUT2D eigenvalue weighted by atomic mass is 9.88. The second kappa shape index (κ2) is 5.33. The van der Waals surface area contributed by atoms with Gasteiger partial charge in [-0.3, -0.25) is 9.59 Å². The summed E-state index contributed by atoms with van der Waals surface area (Å²) in [6, 6.07) is 3.88. The predicted molar refractivity (Wildman–Crippen MR) is 79.4 cm³/mol. The number of carbonyl (C=O) groups excluding carboxylic acids is 2. The van der Waals surface area contributed by atoms with Crippen LogP contribution < -0.4 is 5.32 Å². The van der Waals surface area contributed by atoms with Crippen LogP contribution in [0.4, 0.5) is 10.1 Å². The van der Waals surface area contributed by atoms with Crippen molar-refractivity contribution in [1.82, 2.24) is 4.90 Å². The van der Waals surface area contributed by atoms with Crippen molar-refractivity contribution in [2.24, 2.45) is 0 Å². The molecule has 1 aromatic rings. The van der Waals surface area contributed by atoms with Crippen LogP contribution in [0.3, 0.4) is 0 Å². The van der Waals surface area contributed by atoms with Crippen molar-refractivity contribution in [3.63, 3.8) is 0 Å². The van der Waals surface area contributed by atoms with Gasteiger partial charge in [0, 0.05) is 18.7 Å². The summed E-state index contributed by atoms with van der Waals surface area (Å²) in [5.74, 6) is -3.11. The first-order chi connectivity index (χ1) is 10.8. The summed E-state index contributed by atoms with van der Waals surface area (Å²) >= 11 is 0. The molecule has 2 N–H and O–H groups in total. The minimum absolute atomic E-state index is 0.0658. The van der Waals surface area contributed by atoms with Gasteiger partial charge < -0.3 is 15.3 Å². The minimum atomic E-state index is -1.26. The molecule has 23 heavy (non-hydrogen) atoms. The molecule has 2 unspecified atom stereocenters. The van der Waals surface area contributed by atoms with Crippen LogP contribution in [0, 0.1) is 5.82 Å². The summed E-state index contributed by atoms with van der Waals surface area (Å²) < 4.78 is 13.4. The van der Waals surface area contributed by atoms with Crippen molar-refractivity contribution in [3.8, 4) is 0 Å². The number of likely N-dealkylation sites (tertiary alicyclic amines) is 1. The zero-order valence-electron chi connectivity index (χ0n) is 12.6. The highest BCUT2D eigenvalue weighted by molar-refractivity contribution is 6.02. The van der Waals surface area contributed by atoms with Crippen LogP contribution in [0.25, 0.3) is 0 Å². The SMILES string of the molecule is CC1(C(=O)O)CCCN1C(=O)C1CC(=O)Nc2cc(F)ccc21. The summed E-state index contributed by atoms with van der Waals surface area (Å²) in [5, 5.41) is 12.0. The quantitative estimate of drug-likeness (QED) is 0.868. The number of anilines is 1. The highest BCUT2D eigenvalue weighted by Crippen LogP contribution is 2.38. The minimum Gasteiger partial charge on any atom is -0.480 e. The Kier molecular flexibility index (Phi) is 3.58. The van der Waals surface area contributed by atoms with E-state index in [1.54, 1.807) is 0 Å². The molecule has 7 heteroatoms. The second-order valence-corrected chi connectivity index (χ2v) is 6.21. The molecule has 2 aliphatic heterocycles. The number of aliphatic carboxylic acids is 1. The number of nitrogens with zero attached hydrogens (tertiary/aromatic N) is 1. The first-order valence-electron chi connectivity index (χ1n) is 7.47. The lowest BCUT2D eigenvalue weighted by Gasteiger charge is -2.35. The number of hydrogen-bond acceptors (Lipinski definition) is 3. The van der Waals surface area contributed by atoms with Gasteiger partial charge >= 0.3 is 5.97 Å². The summed E-state index contributed by atoms with van der Waals surface area (Å²) in [5.41, 5.74) is -0.461. The first-order valence-corrected chi connectivity index (χ1v) is 7.47. The van der Waals surface area contributed by atoms with E-state index in [9.17, 15) is 23.9 Å². The van der Waals surface area contributed by atoms with Crippen molar-refractivity contribution in [2.45, 2.75) is 37.6 Å². The number of nitrogens with one attached hydrogen (secondary N) is 1. The van der Waals surface area contributed by atoms with Crippen molar-refractivity contribution in [2.75, 3.05) is 11.9 Å². The van der Waals surface area contributed by atoms with E-state index in [0.717, 1.165) is 0 Å². The van der Waals surface area contributed by atoms with Gasteiger partial charge in [0.25, 0.3) is 0 Å². The van der Waals surface area contributed by atoms with E-state index in [4.69, 9.17) is 0 Å². The molecule has 0 spiro atoms. The number of rotatable bonds is 2. The zero-order valence-corrected chi connectivity index (χ0v) is 12.6. The van der Waals surface area contributed by atoms with Crippen molar-refractivity contribution >= 4 is 23.5 Å². The molecule has 0 bridgehead atoms. The molecule has 0 aromatic heterocycles. The molecule has 2 aliphatic rings. The second-order valence-electron chi connectivity index (χ2n) is 6.21. The van der Waals surface area contributed by atoms with Crippen molar-refractivity contribution in [1.29, 1.82) is 0 Å². The third-order valence-electron chi connectivity index (χ3n) is 4.72. The van der Waals surface area contributed by atoms with Crippen LogP contribution in [-0.2, 0) is 14.4 Å². The van der Waals surface area contributed by atoms with E-state index >= 15 is 0 Å². The van der Waals surface area contributed by atoms with Crippen molar-refractivity contribution < 1.29 is 23.9 Å². The lowest BCUT2D eigenvalue weighted by molar-refractivity contribution is -0.156. The van der Waals surface area contributed by atoms with Gasteiger partial charge in [0.15, 0.2) is 0 Å². The maximum Gasteiger partial charge on any atom is 0.329 e. The van der Waals surface area contributed by atoms with E-state index in [0.29, 0.717) is 24.9 Å². The summed E-state index contributed by atoms with van der Waals surface area (Å²) in [7, 11) is 0. The molecular formula is C16H17FN2O4. The molecule has 2 heterocycles. The molecule has 1 saturated heterocycles. The third-order valence-corrected chi connectivity index (χ3v) is 4.72. The van der Waals surface area contributed by atoms with Gasteiger partial charge in [-0.05, 0) is 37.5 Å². The number of halogens is 1. The van der Waals surface area contributed by atoms with Gasteiger partial charge in [-0.25, -0.2) is 9.18 Å². The number of carboxylic acids is 1. The highest BCUT2D eigenvalue weighted by Gasteiger charge is 2.48. The van der Waals surface area contributed by atoms with E-state index in [-0.39, 0.29) is 18.0 Å². The Balaban J connectivity index is 1.97. The molecule has 2 amide bonds. The number of benzene rings is 1. The number of carbonyl (C=O) groups is 3.